The van der Waals surface area contributed by atoms with E-state index >= 15 is 0 Å². The van der Waals surface area contributed by atoms with Gasteiger partial charge in [0.2, 0.25) is 0 Å². The molecule has 1 aliphatic carbocycles. The van der Waals surface area contributed by atoms with Gasteiger partial charge in [-0.3, -0.25) is 14.9 Å². The predicted molar refractivity (Wildman–Crippen MR) is 115 cm³/mol. The average Bonchev–Trinajstić information content (AvgIpc) is 3.28. The molecule has 0 aromatic carbocycles. The van der Waals surface area contributed by atoms with E-state index in [1.807, 2.05) is 26.8 Å². The summed E-state index contributed by atoms with van der Waals surface area (Å²) in [5, 5.41) is 2.81. The Labute approximate surface area is 177 Å². The first-order valence-corrected chi connectivity index (χ1v) is 11.3. The maximum Gasteiger partial charge on any atom is 0.341 e. The monoisotopic (exact) mass is 430 g/mol. The van der Waals surface area contributed by atoms with Crippen LogP contribution in [-0.2, 0) is 22.4 Å². The second-order valence-corrected chi connectivity index (χ2v) is 9.22. The van der Waals surface area contributed by atoms with Gasteiger partial charge in [0.25, 0.3) is 11.1 Å². The van der Waals surface area contributed by atoms with Gasteiger partial charge in [-0.25, -0.2) is 4.79 Å². The van der Waals surface area contributed by atoms with Crippen LogP contribution in [0.1, 0.15) is 57.5 Å². The van der Waals surface area contributed by atoms with Crippen molar-refractivity contribution in [2.75, 3.05) is 6.61 Å². The summed E-state index contributed by atoms with van der Waals surface area (Å²) in [4.78, 5) is 37.9. The summed E-state index contributed by atoms with van der Waals surface area (Å²) in [5.74, 6) is -0.644. The molecule has 3 heterocycles. The van der Waals surface area contributed by atoms with Crippen LogP contribution < -0.4 is 5.32 Å². The molecule has 0 bridgehead atoms. The Bertz CT molecular complexity index is 1060. The third kappa shape index (κ3) is 3.55. The Morgan fingerprint density at radius 3 is 2.72 bits per heavy atom. The molecule has 0 atom stereocenters. The number of ether oxygens (including phenoxy) is 1. The number of hydrogen-bond donors (Lipinski definition) is 1. The van der Waals surface area contributed by atoms with Crippen molar-refractivity contribution >= 4 is 46.3 Å². The summed E-state index contributed by atoms with van der Waals surface area (Å²) in [7, 11) is 0. The Morgan fingerprint density at radius 2 is 2.03 bits per heavy atom. The lowest BCUT2D eigenvalue weighted by Gasteiger charge is -2.13. The fraction of sp³-hybridized carbons (Fsp3) is 0.381. The van der Waals surface area contributed by atoms with E-state index in [2.05, 4.69) is 9.88 Å². The first-order valence-electron chi connectivity index (χ1n) is 9.66. The lowest BCUT2D eigenvalue weighted by Crippen LogP contribution is -2.17. The number of thioether (sulfide) groups is 1. The molecule has 29 heavy (non-hydrogen) atoms. The highest BCUT2D eigenvalue weighted by Gasteiger charge is 2.29. The van der Waals surface area contributed by atoms with Gasteiger partial charge in [-0.2, -0.15) is 0 Å². The first kappa shape index (κ1) is 20.0. The lowest BCUT2D eigenvalue weighted by molar-refractivity contribution is -0.115. The van der Waals surface area contributed by atoms with Gasteiger partial charge in [-0.15, -0.1) is 11.3 Å². The van der Waals surface area contributed by atoms with Crippen molar-refractivity contribution in [1.29, 1.82) is 0 Å². The zero-order valence-electron chi connectivity index (χ0n) is 16.6. The van der Waals surface area contributed by atoms with Crippen molar-refractivity contribution in [2.24, 2.45) is 0 Å². The molecular formula is C21H22N2O4S2. The van der Waals surface area contributed by atoms with E-state index in [0.717, 1.165) is 65.0 Å². The number of nitrogens with one attached hydrogen (secondary N) is 1. The van der Waals surface area contributed by atoms with E-state index in [9.17, 15) is 14.4 Å². The van der Waals surface area contributed by atoms with E-state index in [0.29, 0.717) is 17.1 Å². The predicted octanol–water partition coefficient (Wildman–Crippen LogP) is 4.54. The van der Waals surface area contributed by atoms with Crippen LogP contribution in [0.5, 0.6) is 0 Å². The van der Waals surface area contributed by atoms with Gasteiger partial charge in [-0.1, -0.05) is 0 Å². The van der Waals surface area contributed by atoms with Crippen molar-refractivity contribution < 1.29 is 19.1 Å². The summed E-state index contributed by atoms with van der Waals surface area (Å²) in [6, 6.07) is 1.98. The molecule has 1 aliphatic heterocycles. The number of imide groups is 1. The van der Waals surface area contributed by atoms with Gasteiger partial charge >= 0.3 is 5.97 Å². The van der Waals surface area contributed by atoms with Crippen molar-refractivity contribution in [3.05, 3.63) is 43.9 Å². The van der Waals surface area contributed by atoms with Gasteiger partial charge in [0.15, 0.2) is 0 Å². The summed E-state index contributed by atoms with van der Waals surface area (Å²) in [6.45, 7) is 6.10. The van der Waals surface area contributed by atoms with Crippen LogP contribution in [0.15, 0.2) is 11.0 Å². The normalized spacial score (nSPS) is 17.6. The maximum absolute atomic E-state index is 12.8. The molecule has 2 aromatic rings. The van der Waals surface area contributed by atoms with Gasteiger partial charge in [0, 0.05) is 16.3 Å². The first-order chi connectivity index (χ1) is 13.9. The molecule has 2 aromatic heterocycles. The molecular weight excluding hydrogens is 408 g/mol. The van der Waals surface area contributed by atoms with Gasteiger partial charge in [0.05, 0.1) is 17.1 Å². The van der Waals surface area contributed by atoms with Crippen LogP contribution in [-0.4, -0.2) is 28.3 Å². The number of fused-ring (bicyclic) bond motifs is 1. The van der Waals surface area contributed by atoms with Crippen molar-refractivity contribution in [3.63, 3.8) is 0 Å². The molecule has 0 spiro atoms. The molecule has 0 unspecified atom stereocenters. The van der Waals surface area contributed by atoms with E-state index in [1.54, 1.807) is 17.4 Å². The Hall–Kier alpha value is -2.32. The van der Waals surface area contributed by atoms with Crippen molar-refractivity contribution in [3.8, 4) is 5.00 Å². The average molecular weight is 431 g/mol. The summed E-state index contributed by atoms with van der Waals surface area (Å²) in [5.41, 5.74) is 4.55. The van der Waals surface area contributed by atoms with Gasteiger partial charge in [-0.05, 0) is 81.5 Å². The number of aryl methyl sites for hydroxylation is 2. The van der Waals surface area contributed by atoms with Gasteiger partial charge in [0.1, 0.15) is 5.00 Å². The highest BCUT2D eigenvalue weighted by Crippen LogP contribution is 2.39. The molecule has 1 N–H and O–H groups in total. The van der Waals surface area contributed by atoms with Crippen LogP contribution >= 0.6 is 23.1 Å². The molecule has 2 amide bonds. The number of esters is 1. The number of nitrogens with zero attached hydrogens (tertiary/aromatic N) is 1. The molecule has 1 saturated heterocycles. The number of carbonyl (C=O) groups is 3. The Kier molecular flexibility index (Phi) is 5.40. The van der Waals surface area contributed by atoms with E-state index in [1.165, 1.54) is 4.88 Å². The molecule has 4 rings (SSSR count). The molecule has 152 valence electrons. The number of thiophene rings is 1. The highest BCUT2D eigenvalue weighted by atomic mass is 32.2. The van der Waals surface area contributed by atoms with E-state index in [-0.39, 0.29) is 17.1 Å². The van der Waals surface area contributed by atoms with Gasteiger partial charge < -0.3 is 9.30 Å². The Morgan fingerprint density at radius 1 is 1.28 bits per heavy atom. The molecule has 0 saturated carbocycles. The number of aromatic nitrogens is 1. The summed E-state index contributed by atoms with van der Waals surface area (Å²) in [6.07, 6.45) is 5.84. The van der Waals surface area contributed by atoms with Crippen molar-refractivity contribution in [1.82, 2.24) is 9.88 Å². The zero-order chi connectivity index (χ0) is 20.7. The zero-order valence-corrected chi connectivity index (χ0v) is 18.2. The minimum absolute atomic E-state index is 0.273. The molecule has 2 aliphatic rings. The number of rotatable bonds is 4. The molecule has 0 radical (unpaired) electrons. The van der Waals surface area contributed by atoms with Crippen LogP contribution in [0.4, 0.5) is 4.79 Å². The van der Waals surface area contributed by atoms with Crippen LogP contribution in [0.2, 0.25) is 0 Å². The maximum atomic E-state index is 12.8. The van der Waals surface area contributed by atoms with Crippen LogP contribution in [0.3, 0.4) is 0 Å². The lowest BCUT2D eigenvalue weighted by atomic mass is 9.95. The minimum Gasteiger partial charge on any atom is -0.462 e. The third-order valence-electron chi connectivity index (χ3n) is 5.23. The topological polar surface area (TPSA) is 77.4 Å². The highest BCUT2D eigenvalue weighted by molar-refractivity contribution is 8.18. The largest absolute Gasteiger partial charge is 0.462 e. The minimum atomic E-state index is -0.372. The van der Waals surface area contributed by atoms with E-state index < -0.39 is 0 Å². The molecule has 6 nitrogen and oxygen atoms in total. The standard InChI is InChI=1S/C21H22N2O4S2/c1-4-27-20(25)17-14-7-5-6-8-15(14)28-19(17)23-11(2)9-13(12(23)3)10-16-18(24)22-21(26)29-16/h9-10H,4-8H2,1-3H3,(H,22,24,26). The number of hydrogen-bond acceptors (Lipinski definition) is 6. The quantitative estimate of drug-likeness (QED) is 0.569. The SMILES string of the molecule is CCOC(=O)c1c(-n2c(C)cc(C=C3SC(=O)NC3=O)c2C)sc2c1CCCC2. The second-order valence-electron chi connectivity index (χ2n) is 7.13. The third-order valence-corrected chi connectivity index (χ3v) is 7.32. The second kappa shape index (κ2) is 7.84. The molecule has 1 fully saturated rings. The molecule has 8 heteroatoms. The number of amides is 2. The smallest absolute Gasteiger partial charge is 0.341 e. The number of carbonyl (C=O) groups excluding carboxylic acids is 3. The van der Waals surface area contributed by atoms with Crippen LogP contribution in [0, 0.1) is 13.8 Å². The van der Waals surface area contributed by atoms with Crippen molar-refractivity contribution in [2.45, 2.75) is 46.5 Å². The Balaban J connectivity index is 1.84. The fourth-order valence-electron chi connectivity index (χ4n) is 3.93. The van der Waals surface area contributed by atoms with Crippen LogP contribution in [0.25, 0.3) is 11.1 Å². The van der Waals surface area contributed by atoms with E-state index in [4.69, 9.17) is 4.74 Å². The summed E-state index contributed by atoms with van der Waals surface area (Å²) >= 11 is 2.56. The summed E-state index contributed by atoms with van der Waals surface area (Å²) < 4.78 is 7.45. The fourth-order valence-corrected chi connectivity index (χ4v) is 6.09.